The Balaban J connectivity index is 2.89. The molecule has 0 aliphatic carbocycles. The molecule has 0 heterocycles. The fraction of sp³-hybridized carbons (Fsp3) is 1.00. The SMILES string of the molecule is NC(CO)CCCCCCF. The minimum absolute atomic E-state index is 0.0586. The summed E-state index contributed by atoms with van der Waals surface area (Å²) in [4.78, 5) is 0. The number of alkyl halides is 1. The summed E-state index contributed by atoms with van der Waals surface area (Å²) in [7, 11) is 0. The predicted octanol–water partition coefficient (Wildman–Crippen LogP) is 1.23. The largest absolute Gasteiger partial charge is 0.395 e. The number of aliphatic hydroxyl groups excluding tert-OH is 1. The first-order chi connectivity index (χ1) is 5.31. The van der Waals surface area contributed by atoms with E-state index in [4.69, 9.17) is 10.8 Å². The summed E-state index contributed by atoms with van der Waals surface area (Å²) in [6.45, 7) is -0.158. The smallest absolute Gasteiger partial charge is 0.0894 e. The van der Waals surface area contributed by atoms with E-state index in [1.54, 1.807) is 0 Å². The van der Waals surface area contributed by atoms with Crippen LogP contribution < -0.4 is 5.73 Å². The van der Waals surface area contributed by atoms with Crippen LogP contribution in [0, 0.1) is 0 Å². The molecule has 0 spiro atoms. The maximum atomic E-state index is 11.6. The Kier molecular flexibility index (Phi) is 7.84. The van der Waals surface area contributed by atoms with Crippen LogP contribution in [-0.4, -0.2) is 24.4 Å². The molecule has 3 heteroatoms. The monoisotopic (exact) mass is 163 g/mol. The lowest BCUT2D eigenvalue weighted by atomic mass is 10.1. The molecular weight excluding hydrogens is 145 g/mol. The van der Waals surface area contributed by atoms with Gasteiger partial charge in [-0.1, -0.05) is 19.3 Å². The van der Waals surface area contributed by atoms with Crippen LogP contribution in [0.3, 0.4) is 0 Å². The third-order valence-corrected chi connectivity index (χ3v) is 1.69. The second kappa shape index (κ2) is 7.95. The molecule has 1 atom stereocenters. The minimum Gasteiger partial charge on any atom is -0.395 e. The van der Waals surface area contributed by atoms with E-state index in [9.17, 15) is 4.39 Å². The van der Waals surface area contributed by atoms with Gasteiger partial charge in [0.2, 0.25) is 0 Å². The lowest BCUT2D eigenvalue weighted by molar-refractivity contribution is 0.257. The maximum absolute atomic E-state index is 11.6. The van der Waals surface area contributed by atoms with E-state index in [0.29, 0.717) is 6.42 Å². The van der Waals surface area contributed by atoms with E-state index in [2.05, 4.69) is 0 Å². The van der Waals surface area contributed by atoms with Gasteiger partial charge in [-0.05, 0) is 12.8 Å². The normalized spacial score (nSPS) is 13.4. The van der Waals surface area contributed by atoms with E-state index in [1.807, 2.05) is 0 Å². The first kappa shape index (κ1) is 10.8. The number of halogens is 1. The molecule has 0 aromatic heterocycles. The number of rotatable bonds is 7. The van der Waals surface area contributed by atoms with Crippen LogP contribution in [0.4, 0.5) is 4.39 Å². The van der Waals surface area contributed by atoms with Crippen molar-refractivity contribution in [1.29, 1.82) is 0 Å². The second-order valence-corrected chi connectivity index (χ2v) is 2.83. The Hall–Kier alpha value is -0.150. The summed E-state index contributed by atoms with van der Waals surface area (Å²) >= 11 is 0. The van der Waals surface area contributed by atoms with Crippen molar-refractivity contribution in [2.75, 3.05) is 13.3 Å². The van der Waals surface area contributed by atoms with Crippen molar-refractivity contribution in [3.8, 4) is 0 Å². The highest BCUT2D eigenvalue weighted by atomic mass is 19.1. The van der Waals surface area contributed by atoms with Crippen LogP contribution in [-0.2, 0) is 0 Å². The van der Waals surface area contributed by atoms with Gasteiger partial charge in [-0.25, -0.2) is 0 Å². The molecule has 0 aromatic carbocycles. The van der Waals surface area contributed by atoms with E-state index in [0.717, 1.165) is 25.7 Å². The van der Waals surface area contributed by atoms with Gasteiger partial charge in [-0.3, -0.25) is 4.39 Å². The Morgan fingerprint density at radius 3 is 2.36 bits per heavy atom. The zero-order valence-electron chi connectivity index (χ0n) is 6.93. The number of hydrogen-bond acceptors (Lipinski definition) is 2. The van der Waals surface area contributed by atoms with Crippen LogP contribution >= 0.6 is 0 Å². The first-order valence-corrected chi connectivity index (χ1v) is 4.23. The molecule has 3 N–H and O–H groups in total. The Morgan fingerprint density at radius 1 is 1.18 bits per heavy atom. The van der Waals surface area contributed by atoms with Crippen LogP contribution in [0.15, 0.2) is 0 Å². The van der Waals surface area contributed by atoms with Gasteiger partial charge in [-0.15, -0.1) is 0 Å². The summed E-state index contributed by atoms with van der Waals surface area (Å²) in [6.07, 6.45) is 4.48. The molecular formula is C8H18FNO. The van der Waals surface area contributed by atoms with Gasteiger partial charge in [0.05, 0.1) is 13.3 Å². The summed E-state index contributed by atoms with van der Waals surface area (Å²) in [5.41, 5.74) is 5.46. The molecule has 0 aromatic rings. The molecule has 0 radical (unpaired) electrons. The quantitative estimate of drug-likeness (QED) is 0.554. The highest BCUT2D eigenvalue weighted by Crippen LogP contribution is 2.04. The van der Waals surface area contributed by atoms with Crippen molar-refractivity contribution < 1.29 is 9.50 Å². The molecule has 0 rings (SSSR count). The minimum atomic E-state index is -0.216. The molecule has 0 aliphatic rings. The number of unbranched alkanes of at least 4 members (excludes halogenated alkanes) is 3. The number of nitrogens with two attached hydrogens (primary N) is 1. The van der Waals surface area contributed by atoms with Crippen molar-refractivity contribution in [1.82, 2.24) is 0 Å². The molecule has 0 amide bonds. The van der Waals surface area contributed by atoms with Gasteiger partial charge in [0.1, 0.15) is 0 Å². The summed E-state index contributed by atoms with van der Waals surface area (Å²) in [6, 6.07) is -0.0830. The van der Waals surface area contributed by atoms with Crippen molar-refractivity contribution in [3.63, 3.8) is 0 Å². The van der Waals surface area contributed by atoms with Gasteiger partial charge in [-0.2, -0.15) is 0 Å². The molecule has 0 fully saturated rings. The molecule has 1 unspecified atom stereocenters. The van der Waals surface area contributed by atoms with E-state index in [-0.39, 0.29) is 19.3 Å². The van der Waals surface area contributed by atoms with E-state index >= 15 is 0 Å². The number of aliphatic hydroxyl groups is 1. The second-order valence-electron chi connectivity index (χ2n) is 2.83. The van der Waals surface area contributed by atoms with Gasteiger partial charge in [0.15, 0.2) is 0 Å². The Labute approximate surface area is 67.6 Å². The third-order valence-electron chi connectivity index (χ3n) is 1.69. The van der Waals surface area contributed by atoms with E-state index in [1.165, 1.54) is 0 Å². The number of hydrogen-bond donors (Lipinski definition) is 2. The summed E-state index contributed by atoms with van der Waals surface area (Å²) < 4.78 is 11.6. The van der Waals surface area contributed by atoms with Crippen LogP contribution in [0.1, 0.15) is 32.1 Å². The average Bonchev–Trinajstić information content (AvgIpc) is 2.04. The van der Waals surface area contributed by atoms with Gasteiger partial charge in [0.25, 0.3) is 0 Å². The zero-order chi connectivity index (χ0) is 8.53. The summed E-state index contributed by atoms with van der Waals surface area (Å²) in [5.74, 6) is 0. The topological polar surface area (TPSA) is 46.2 Å². The van der Waals surface area contributed by atoms with Gasteiger partial charge < -0.3 is 10.8 Å². The maximum Gasteiger partial charge on any atom is 0.0894 e. The van der Waals surface area contributed by atoms with E-state index < -0.39 is 0 Å². The van der Waals surface area contributed by atoms with Crippen molar-refractivity contribution in [2.45, 2.75) is 38.1 Å². The fourth-order valence-corrected chi connectivity index (χ4v) is 0.946. The van der Waals surface area contributed by atoms with Crippen LogP contribution in [0.5, 0.6) is 0 Å². The molecule has 0 saturated heterocycles. The zero-order valence-corrected chi connectivity index (χ0v) is 6.93. The van der Waals surface area contributed by atoms with Gasteiger partial charge >= 0.3 is 0 Å². The Bertz CT molecular complexity index is 80.5. The fourth-order valence-electron chi connectivity index (χ4n) is 0.946. The summed E-state index contributed by atoms with van der Waals surface area (Å²) in [5, 5.41) is 8.55. The predicted molar refractivity (Wildman–Crippen MR) is 44.1 cm³/mol. The molecule has 0 bridgehead atoms. The van der Waals surface area contributed by atoms with Crippen molar-refractivity contribution in [2.24, 2.45) is 5.73 Å². The van der Waals surface area contributed by atoms with Crippen molar-refractivity contribution >= 4 is 0 Å². The Morgan fingerprint density at radius 2 is 1.82 bits per heavy atom. The average molecular weight is 163 g/mol. The molecule has 0 aliphatic heterocycles. The lowest BCUT2D eigenvalue weighted by Crippen LogP contribution is -2.23. The molecule has 0 saturated carbocycles. The molecule has 11 heavy (non-hydrogen) atoms. The molecule has 2 nitrogen and oxygen atoms in total. The van der Waals surface area contributed by atoms with Gasteiger partial charge in [0, 0.05) is 6.04 Å². The first-order valence-electron chi connectivity index (χ1n) is 4.23. The molecule has 68 valence electrons. The highest BCUT2D eigenvalue weighted by molar-refractivity contribution is 4.58. The standard InChI is InChI=1S/C8H18FNO/c9-6-4-2-1-3-5-8(10)7-11/h8,11H,1-7,10H2. The van der Waals surface area contributed by atoms with Crippen LogP contribution in [0.2, 0.25) is 0 Å². The third kappa shape index (κ3) is 7.75. The van der Waals surface area contributed by atoms with Crippen LogP contribution in [0.25, 0.3) is 0 Å². The highest BCUT2D eigenvalue weighted by Gasteiger charge is 1.98. The lowest BCUT2D eigenvalue weighted by Gasteiger charge is -2.06. The van der Waals surface area contributed by atoms with Crippen molar-refractivity contribution in [3.05, 3.63) is 0 Å².